The van der Waals surface area contributed by atoms with Gasteiger partial charge < -0.3 is 15.6 Å². The maximum absolute atomic E-state index is 11.3. The van der Waals surface area contributed by atoms with Gasteiger partial charge in [0.15, 0.2) is 5.69 Å². The Labute approximate surface area is 120 Å². The van der Waals surface area contributed by atoms with Crippen LogP contribution in [0.5, 0.6) is 5.75 Å². The average molecular weight is 283 g/mol. The molecular formula is C15H13N3O3. The summed E-state index contributed by atoms with van der Waals surface area (Å²) in [4.78, 5) is 15.6. The molecule has 6 heteroatoms. The summed E-state index contributed by atoms with van der Waals surface area (Å²) in [5.41, 5.74) is 7.56. The van der Waals surface area contributed by atoms with E-state index in [9.17, 15) is 9.90 Å². The number of imidazole rings is 1. The van der Waals surface area contributed by atoms with Crippen molar-refractivity contribution < 1.29 is 14.6 Å². The highest BCUT2D eigenvalue weighted by atomic mass is 16.5. The van der Waals surface area contributed by atoms with Crippen LogP contribution in [-0.2, 0) is 0 Å². The van der Waals surface area contributed by atoms with Crippen molar-refractivity contribution in [1.82, 2.24) is 9.38 Å². The molecule has 0 saturated carbocycles. The lowest BCUT2D eigenvalue weighted by molar-refractivity contribution is 0.0693. The molecule has 0 bridgehead atoms. The number of hydrogen-bond acceptors (Lipinski definition) is 4. The number of rotatable bonds is 3. The lowest BCUT2D eigenvalue weighted by atomic mass is 10.2. The Morgan fingerprint density at radius 2 is 2.14 bits per heavy atom. The fraction of sp³-hybridized carbons (Fsp3) is 0.0667. The predicted octanol–water partition coefficient (Wildman–Crippen LogP) is 2.29. The van der Waals surface area contributed by atoms with Crippen LogP contribution in [0.15, 0.2) is 42.6 Å². The van der Waals surface area contributed by atoms with Gasteiger partial charge in [0.2, 0.25) is 0 Å². The zero-order valence-electron chi connectivity index (χ0n) is 11.3. The molecule has 0 saturated heterocycles. The van der Waals surface area contributed by atoms with Gasteiger partial charge in [-0.25, -0.2) is 9.78 Å². The number of nitrogens with zero attached hydrogens (tertiary/aromatic N) is 2. The molecule has 0 aliphatic rings. The van der Waals surface area contributed by atoms with Crippen molar-refractivity contribution in [3.05, 3.63) is 48.3 Å². The van der Waals surface area contributed by atoms with Crippen LogP contribution in [0.3, 0.4) is 0 Å². The number of carbonyl (C=O) groups is 1. The van der Waals surface area contributed by atoms with Crippen molar-refractivity contribution in [2.45, 2.75) is 0 Å². The monoisotopic (exact) mass is 283 g/mol. The molecule has 0 atom stereocenters. The van der Waals surface area contributed by atoms with Gasteiger partial charge in [-0.05, 0) is 24.3 Å². The molecule has 0 aliphatic carbocycles. The molecule has 0 radical (unpaired) electrons. The Morgan fingerprint density at radius 3 is 2.86 bits per heavy atom. The van der Waals surface area contributed by atoms with Crippen LogP contribution in [0.1, 0.15) is 10.5 Å². The van der Waals surface area contributed by atoms with E-state index in [4.69, 9.17) is 10.5 Å². The van der Waals surface area contributed by atoms with Gasteiger partial charge in [0.05, 0.1) is 12.6 Å². The smallest absolute Gasteiger partial charge is 0.356 e. The molecule has 0 aliphatic heterocycles. The van der Waals surface area contributed by atoms with Gasteiger partial charge in [-0.15, -0.1) is 0 Å². The molecule has 1 aromatic carbocycles. The molecular weight excluding hydrogens is 270 g/mol. The van der Waals surface area contributed by atoms with Crippen LogP contribution in [0.25, 0.3) is 16.9 Å². The normalized spacial score (nSPS) is 10.7. The molecule has 0 amide bonds. The molecule has 6 nitrogen and oxygen atoms in total. The SMILES string of the molecule is COc1cccc(-c2nc(C(=O)O)c3ccc(N)cn23)c1. The molecule has 21 heavy (non-hydrogen) atoms. The van der Waals surface area contributed by atoms with E-state index in [1.54, 1.807) is 35.9 Å². The fourth-order valence-corrected chi connectivity index (χ4v) is 2.23. The van der Waals surface area contributed by atoms with Gasteiger partial charge in [-0.1, -0.05) is 12.1 Å². The third-order valence-corrected chi connectivity index (χ3v) is 3.19. The molecule has 0 spiro atoms. The number of methoxy groups -OCH3 is 1. The highest BCUT2D eigenvalue weighted by Gasteiger charge is 2.18. The van der Waals surface area contributed by atoms with E-state index in [1.165, 1.54) is 0 Å². The van der Waals surface area contributed by atoms with Crippen LogP contribution >= 0.6 is 0 Å². The summed E-state index contributed by atoms with van der Waals surface area (Å²) < 4.78 is 6.86. The maximum Gasteiger partial charge on any atom is 0.356 e. The summed E-state index contributed by atoms with van der Waals surface area (Å²) in [7, 11) is 1.57. The lowest BCUT2D eigenvalue weighted by Crippen LogP contribution is -1.97. The highest BCUT2D eigenvalue weighted by Crippen LogP contribution is 2.26. The lowest BCUT2D eigenvalue weighted by Gasteiger charge is -2.04. The van der Waals surface area contributed by atoms with Gasteiger partial charge in [0, 0.05) is 17.4 Å². The largest absolute Gasteiger partial charge is 0.497 e. The zero-order valence-corrected chi connectivity index (χ0v) is 11.3. The zero-order chi connectivity index (χ0) is 15.0. The van der Waals surface area contributed by atoms with Crippen molar-refractivity contribution in [1.29, 1.82) is 0 Å². The second-order valence-electron chi connectivity index (χ2n) is 4.54. The standard InChI is InChI=1S/C15H13N3O3/c1-21-11-4-2-3-9(7-11)14-17-13(15(19)20)12-6-5-10(16)8-18(12)14/h2-8H,16H2,1H3,(H,19,20). The second kappa shape index (κ2) is 4.82. The first-order valence-corrected chi connectivity index (χ1v) is 6.25. The van der Waals surface area contributed by atoms with Crippen LogP contribution in [0.4, 0.5) is 5.69 Å². The molecule has 3 aromatic rings. The van der Waals surface area contributed by atoms with E-state index in [2.05, 4.69) is 4.98 Å². The number of carboxylic acid groups (broad SMARTS) is 1. The number of fused-ring (bicyclic) bond motifs is 1. The average Bonchev–Trinajstić information content (AvgIpc) is 2.86. The minimum atomic E-state index is -1.08. The number of nitrogen functional groups attached to an aromatic ring is 1. The quantitative estimate of drug-likeness (QED) is 0.769. The van der Waals surface area contributed by atoms with E-state index >= 15 is 0 Å². The number of anilines is 1. The van der Waals surface area contributed by atoms with Crippen molar-refractivity contribution >= 4 is 17.2 Å². The van der Waals surface area contributed by atoms with Crippen molar-refractivity contribution in [2.75, 3.05) is 12.8 Å². The Balaban J connectivity index is 2.31. The molecule has 2 heterocycles. The van der Waals surface area contributed by atoms with Crippen LogP contribution in [-0.4, -0.2) is 27.6 Å². The van der Waals surface area contributed by atoms with Gasteiger partial charge in [0.25, 0.3) is 0 Å². The van der Waals surface area contributed by atoms with Gasteiger partial charge in [-0.3, -0.25) is 4.40 Å². The summed E-state index contributed by atoms with van der Waals surface area (Å²) in [5, 5.41) is 9.28. The first-order chi connectivity index (χ1) is 10.1. The molecule has 3 rings (SSSR count). The van der Waals surface area contributed by atoms with Crippen LogP contribution < -0.4 is 10.5 Å². The minimum Gasteiger partial charge on any atom is -0.497 e. The van der Waals surface area contributed by atoms with Gasteiger partial charge >= 0.3 is 5.97 Å². The van der Waals surface area contributed by atoms with E-state index in [0.29, 0.717) is 22.8 Å². The summed E-state index contributed by atoms with van der Waals surface area (Å²) in [6.07, 6.45) is 1.66. The Hall–Kier alpha value is -3.02. The number of aromatic carboxylic acids is 1. The third-order valence-electron chi connectivity index (χ3n) is 3.19. The van der Waals surface area contributed by atoms with Crippen molar-refractivity contribution in [3.63, 3.8) is 0 Å². The van der Waals surface area contributed by atoms with Crippen LogP contribution in [0, 0.1) is 0 Å². The topological polar surface area (TPSA) is 89.8 Å². The molecule has 3 N–H and O–H groups in total. The number of aromatic nitrogens is 2. The van der Waals surface area contributed by atoms with E-state index in [-0.39, 0.29) is 5.69 Å². The predicted molar refractivity (Wildman–Crippen MR) is 78.6 cm³/mol. The first kappa shape index (κ1) is 13.0. The highest BCUT2D eigenvalue weighted by molar-refractivity contribution is 5.95. The third kappa shape index (κ3) is 2.16. The number of ether oxygens (including phenoxy) is 1. The molecule has 0 unspecified atom stereocenters. The summed E-state index contributed by atoms with van der Waals surface area (Å²) >= 11 is 0. The minimum absolute atomic E-state index is 0.00665. The number of hydrogen-bond donors (Lipinski definition) is 2. The van der Waals surface area contributed by atoms with Crippen LogP contribution in [0.2, 0.25) is 0 Å². The maximum atomic E-state index is 11.3. The summed E-state index contributed by atoms with van der Waals surface area (Å²) in [5.74, 6) is 0.102. The molecule has 0 fully saturated rings. The second-order valence-corrected chi connectivity index (χ2v) is 4.54. The Kier molecular flexibility index (Phi) is 2.98. The van der Waals surface area contributed by atoms with E-state index in [1.807, 2.05) is 18.2 Å². The Morgan fingerprint density at radius 1 is 1.33 bits per heavy atom. The van der Waals surface area contributed by atoms with E-state index in [0.717, 1.165) is 5.56 Å². The number of nitrogens with two attached hydrogens (primary N) is 1. The number of benzene rings is 1. The first-order valence-electron chi connectivity index (χ1n) is 6.25. The Bertz CT molecular complexity index is 839. The molecule has 2 aromatic heterocycles. The van der Waals surface area contributed by atoms with Gasteiger partial charge in [0.1, 0.15) is 11.6 Å². The van der Waals surface area contributed by atoms with Crippen molar-refractivity contribution in [3.8, 4) is 17.1 Å². The number of carboxylic acids is 1. The van der Waals surface area contributed by atoms with Crippen molar-refractivity contribution in [2.24, 2.45) is 0 Å². The summed E-state index contributed by atoms with van der Waals surface area (Å²) in [6, 6.07) is 10.6. The summed E-state index contributed by atoms with van der Waals surface area (Å²) in [6.45, 7) is 0. The van der Waals surface area contributed by atoms with E-state index < -0.39 is 5.97 Å². The molecule has 106 valence electrons. The fourth-order valence-electron chi connectivity index (χ4n) is 2.23. The van der Waals surface area contributed by atoms with Gasteiger partial charge in [-0.2, -0.15) is 0 Å². The number of pyridine rings is 1.